The molecule has 2 N–H and O–H groups in total. The summed E-state index contributed by atoms with van der Waals surface area (Å²) in [6.07, 6.45) is 1.41. The zero-order valence-corrected chi connectivity index (χ0v) is 15.3. The van der Waals surface area contributed by atoms with Gasteiger partial charge in [0.1, 0.15) is 5.82 Å². The Balaban J connectivity index is 1.63. The summed E-state index contributed by atoms with van der Waals surface area (Å²) in [5.74, 6) is -1.11. The molecular formula is C21H15ClFN3O2. The summed E-state index contributed by atoms with van der Waals surface area (Å²) in [6.45, 7) is 0. The standard InChI is InChI=1S/C21H15ClFN3O2/c22-17-8-6-15(7-9-17)20(27)25-19-3-1-2-16(12-19)21(28)26-24-13-14-4-10-18(23)11-5-14/h1-13H,(H,25,27)(H,26,28)/b24-13-. The highest BCUT2D eigenvalue weighted by Gasteiger charge is 2.09. The summed E-state index contributed by atoms with van der Waals surface area (Å²) in [7, 11) is 0. The molecule has 3 aromatic rings. The summed E-state index contributed by atoms with van der Waals surface area (Å²) in [4.78, 5) is 24.5. The van der Waals surface area contributed by atoms with E-state index in [4.69, 9.17) is 11.6 Å². The van der Waals surface area contributed by atoms with Crippen molar-refractivity contribution in [2.75, 3.05) is 5.32 Å². The summed E-state index contributed by atoms with van der Waals surface area (Å²) in [5.41, 5.74) is 4.27. The van der Waals surface area contributed by atoms with Crippen LogP contribution in [0.4, 0.5) is 10.1 Å². The lowest BCUT2D eigenvalue weighted by Gasteiger charge is -2.07. The molecule has 0 saturated heterocycles. The van der Waals surface area contributed by atoms with Crippen molar-refractivity contribution in [2.24, 2.45) is 5.10 Å². The number of hydrogen-bond acceptors (Lipinski definition) is 3. The first-order valence-electron chi connectivity index (χ1n) is 8.27. The lowest BCUT2D eigenvalue weighted by atomic mass is 10.1. The van der Waals surface area contributed by atoms with Gasteiger partial charge in [0, 0.05) is 21.8 Å². The number of benzene rings is 3. The fourth-order valence-electron chi connectivity index (χ4n) is 2.32. The van der Waals surface area contributed by atoms with Crippen LogP contribution in [0.5, 0.6) is 0 Å². The molecule has 0 aliphatic heterocycles. The maximum Gasteiger partial charge on any atom is 0.271 e. The van der Waals surface area contributed by atoms with Crippen molar-refractivity contribution in [2.45, 2.75) is 0 Å². The fraction of sp³-hybridized carbons (Fsp3) is 0. The van der Waals surface area contributed by atoms with E-state index < -0.39 is 5.91 Å². The van der Waals surface area contributed by atoms with Crippen LogP contribution in [0, 0.1) is 5.82 Å². The van der Waals surface area contributed by atoms with Crippen LogP contribution >= 0.6 is 11.6 Å². The topological polar surface area (TPSA) is 70.6 Å². The molecule has 0 saturated carbocycles. The Morgan fingerprint density at radius 3 is 2.32 bits per heavy atom. The van der Waals surface area contributed by atoms with Gasteiger partial charge in [0.25, 0.3) is 11.8 Å². The van der Waals surface area contributed by atoms with E-state index in [1.54, 1.807) is 42.5 Å². The van der Waals surface area contributed by atoms with E-state index in [1.807, 2.05) is 0 Å². The summed E-state index contributed by atoms with van der Waals surface area (Å²) in [6, 6.07) is 18.6. The molecule has 0 unspecified atom stereocenters. The van der Waals surface area contributed by atoms with Gasteiger partial charge in [-0.05, 0) is 60.2 Å². The van der Waals surface area contributed by atoms with E-state index in [2.05, 4.69) is 15.8 Å². The molecule has 5 nitrogen and oxygen atoms in total. The molecule has 3 aromatic carbocycles. The highest BCUT2D eigenvalue weighted by atomic mass is 35.5. The Morgan fingerprint density at radius 2 is 1.61 bits per heavy atom. The van der Waals surface area contributed by atoms with Crippen molar-refractivity contribution in [3.63, 3.8) is 0 Å². The van der Waals surface area contributed by atoms with Crippen molar-refractivity contribution < 1.29 is 14.0 Å². The number of nitrogens with zero attached hydrogens (tertiary/aromatic N) is 1. The average Bonchev–Trinajstić information content (AvgIpc) is 2.70. The van der Waals surface area contributed by atoms with Gasteiger partial charge >= 0.3 is 0 Å². The van der Waals surface area contributed by atoms with Gasteiger partial charge in [-0.15, -0.1) is 0 Å². The van der Waals surface area contributed by atoms with Crippen LogP contribution in [0.2, 0.25) is 5.02 Å². The van der Waals surface area contributed by atoms with Crippen molar-refractivity contribution in [3.05, 3.63) is 100 Å². The first-order valence-corrected chi connectivity index (χ1v) is 8.65. The van der Waals surface area contributed by atoms with Crippen molar-refractivity contribution >= 4 is 35.3 Å². The molecule has 0 radical (unpaired) electrons. The Hall–Kier alpha value is -3.51. The maximum atomic E-state index is 12.9. The number of hydrazone groups is 1. The first-order chi connectivity index (χ1) is 13.5. The summed E-state index contributed by atoms with van der Waals surface area (Å²) >= 11 is 5.82. The van der Waals surface area contributed by atoms with E-state index in [1.165, 1.54) is 36.5 Å². The third-order valence-corrected chi connectivity index (χ3v) is 3.99. The average molecular weight is 396 g/mol. The number of carbonyl (C=O) groups is 2. The molecule has 0 heterocycles. The second kappa shape index (κ2) is 8.92. The van der Waals surface area contributed by atoms with Crippen LogP contribution < -0.4 is 10.7 Å². The lowest BCUT2D eigenvalue weighted by molar-refractivity contribution is 0.0953. The molecular weight excluding hydrogens is 381 g/mol. The largest absolute Gasteiger partial charge is 0.322 e. The van der Waals surface area contributed by atoms with E-state index >= 15 is 0 Å². The van der Waals surface area contributed by atoms with Crippen LogP contribution in [-0.4, -0.2) is 18.0 Å². The Labute approximate surface area is 165 Å². The highest BCUT2D eigenvalue weighted by Crippen LogP contribution is 2.14. The number of rotatable bonds is 5. The zero-order valence-electron chi connectivity index (χ0n) is 14.5. The molecule has 0 aliphatic rings. The first kappa shape index (κ1) is 19.3. The number of halogens is 2. The zero-order chi connectivity index (χ0) is 19.9. The van der Waals surface area contributed by atoms with Crippen LogP contribution in [0.3, 0.4) is 0 Å². The minimum Gasteiger partial charge on any atom is -0.322 e. The number of anilines is 1. The normalized spacial score (nSPS) is 10.6. The molecule has 28 heavy (non-hydrogen) atoms. The molecule has 0 aliphatic carbocycles. The number of nitrogens with one attached hydrogen (secondary N) is 2. The van der Waals surface area contributed by atoms with Gasteiger partial charge in [-0.25, -0.2) is 9.82 Å². The van der Waals surface area contributed by atoms with E-state index in [0.29, 0.717) is 27.4 Å². The van der Waals surface area contributed by atoms with Crippen LogP contribution in [-0.2, 0) is 0 Å². The smallest absolute Gasteiger partial charge is 0.271 e. The Kier molecular flexibility index (Phi) is 6.14. The predicted octanol–water partition coefficient (Wildman–Crippen LogP) is 4.50. The van der Waals surface area contributed by atoms with E-state index in [0.717, 1.165) is 0 Å². The van der Waals surface area contributed by atoms with E-state index in [9.17, 15) is 14.0 Å². The van der Waals surface area contributed by atoms with Gasteiger partial charge < -0.3 is 5.32 Å². The Bertz CT molecular complexity index is 1020. The van der Waals surface area contributed by atoms with Crippen molar-refractivity contribution in [1.29, 1.82) is 0 Å². The second-order valence-corrected chi connectivity index (χ2v) is 6.23. The maximum absolute atomic E-state index is 12.9. The third kappa shape index (κ3) is 5.25. The summed E-state index contributed by atoms with van der Waals surface area (Å²) < 4.78 is 12.9. The van der Waals surface area contributed by atoms with Gasteiger partial charge in [-0.2, -0.15) is 5.10 Å². The quantitative estimate of drug-likeness (QED) is 0.493. The van der Waals surface area contributed by atoms with Gasteiger partial charge in [0.15, 0.2) is 0 Å². The molecule has 0 bridgehead atoms. The van der Waals surface area contributed by atoms with Gasteiger partial charge in [0.05, 0.1) is 6.21 Å². The predicted molar refractivity (Wildman–Crippen MR) is 107 cm³/mol. The number of hydrogen-bond donors (Lipinski definition) is 2. The van der Waals surface area contributed by atoms with Gasteiger partial charge in [0.2, 0.25) is 0 Å². The molecule has 0 spiro atoms. The number of carbonyl (C=O) groups excluding carboxylic acids is 2. The number of amides is 2. The molecule has 0 atom stereocenters. The monoisotopic (exact) mass is 395 g/mol. The van der Waals surface area contributed by atoms with Crippen molar-refractivity contribution in [3.8, 4) is 0 Å². The van der Waals surface area contributed by atoms with Gasteiger partial charge in [-0.1, -0.05) is 29.8 Å². The van der Waals surface area contributed by atoms with E-state index in [-0.39, 0.29) is 11.7 Å². The summed E-state index contributed by atoms with van der Waals surface area (Å²) in [5, 5.41) is 7.11. The van der Waals surface area contributed by atoms with Crippen LogP contribution in [0.15, 0.2) is 77.9 Å². The second-order valence-electron chi connectivity index (χ2n) is 5.79. The van der Waals surface area contributed by atoms with Crippen molar-refractivity contribution in [1.82, 2.24) is 5.43 Å². The molecule has 0 fully saturated rings. The van der Waals surface area contributed by atoms with Gasteiger partial charge in [-0.3, -0.25) is 9.59 Å². The SMILES string of the molecule is O=C(N/N=C\c1ccc(F)cc1)c1cccc(NC(=O)c2ccc(Cl)cc2)c1. The fourth-order valence-corrected chi connectivity index (χ4v) is 2.45. The third-order valence-electron chi connectivity index (χ3n) is 3.74. The Morgan fingerprint density at radius 1 is 0.893 bits per heavy atom. The molecule has 3 rings (SSSR count). The molecule has 0 aromatic heterocycles. The minimum absolute atomic E-state index is 0.316. The van der Waals surface area contributed by atoms with Crippen LogP contribution in [0.1, 0.15) is 26.3 Å². The molecule has 140 valence electrons. The highest BCUT2D eigenvalue weighted by molar-refractivity contribution is 6.30. The minimum atomic E-state index is -0.444. The molecule has 2 amide bonds. The molecule has 7 heteroatoms. The van der Waals surface area contributed by atoms with Crippen LogP contribution in [0.25, 0.3) is 0 Å². The lowest BCUT2D eigenvalue weighted by Crippen LogP contribution is -2.18.